The van der Waals surface area contributed by atoms with E-state index in [1.54, 1.807) is 0 Å². The molecule has 0 amide bonds. The maximum absolute atomic E-state index is 13.5. The van der Waals surface area contributed by atoms with Gasteiger partial charge >= 0.3 is 0 Å². The van der Waals surface area contributed by atoms with Crippen LogP contribution in [0.4, 0.5) is 14.7 Å². The van der Waals surface area contributed by atoms with Crippen LogP contribution in [0.3, 0.4) is 0 Å². The van der Waals surface area contributed by atoms with Crippen molar-refractivity contribution >= 4 is 17.7 Å². The van der Waals surface area contributed by atoms with E-state index in [4.69, 9.17) is 10.5 Å². The van der Waals surface area contributed by atoms with E-state index in [9.17, 15) is 8.78 Å². The molecule has 0 spiro atoms. The zero-order valence-electron chi connectivity index (χ0n) is 9.35. The summed E-state index contributed by atoms with van der Waals surface area (Å²) >= 11 is 1.01. The van der Waals surface area contributed by atoms with Crippen LogP contribution in [0.1, 0.15) is 0 Å². The number of nitrogens with zero attached hydrogens (tertiary/aromatic N) is 2. The number of aromatic nitrogens is 2. The Labute approximate surface area is 106 Å². The number of benzene rings is 1. The molecule has 0 radical (unpaired) electrons. The number of hydrogen-bond acceptors (Lipinski definition) is 5. The summed E-state index contributed by atoms with van der Waals surface area (Å²) in [5.74, 6) is -0.973. The number of ether oxygens (including phenoxy) is 1. The van der Waals surface area contributed by atoms with Gasteiger partial charge in [0.2, 0.25) is 11.8 Å². The molecule has 1 heterocycles. The van der Waals surface area contributed by atoms with Crippen molar-refractivity contribution in [1.82, 2.24) is 9.97 Å². The Bertz CT molecular complexity index is 580. The Kier molecular flexibility index (Phi) is 3.61. The fourth-order valence-electron chi connectivity index (χ4n) is 1.25. The largest absolute Gasteiger partial charge is 0.481 e. The van der Waals surface area contributed by atoms with E-state index < -0.39 is 11.6 Å². The van der Waals surface area contributed by atoms with Crippen LogP contribution in [-0.2, 0) is 0 Å². The summed E-state index contributed by atoms with van der Waals surface area (Å²) < 4.78 is 31.1. The molecular formula is C11H9F2N3OS. The van der Waals surface area contributed by atoms with Gasteiger partial charge in [-0.15, -0.1) is 0 Å². The molecule has 0 aliphatic rings. The van der Waals surface area contributed by atoms with Gasteiger partial charge < -0.3 is 10.5 Å². The summed E-state index contributed by atoms with van der Waals surface area (Å²) in [5, 5.41) is 0.421. The lowest BCUT2D eigenvalue weighted by atomic mass is 10.3. The van der Waals surface area contributed by atoms with Crippen LogP contribution in [-0.4, -0.2) is 17.1 Å². The molecule has 7 heteroatoms. The zero-order valence-corrected chi connectivity index (χ0v) is 10.2. The van der Waals surface area contributed by atoms with Gasteiger partial charge in [-0.2, -0.15) is 4.98 Å². The van der Waals surface area contributed by atoms with Crippen molar-refractivity contribution in [3.63, 3.8) is 0 Å². The normalized spacial score (nSPS) is 10.4. The molecule has 0 aliphatic carbocycles. The van der Waals surface area contributed by atoms with Crippen LogP contribution in [0.2, 0.25) is 0 Å². The van der Waals surface area contributed by atoms with E-state index in [0.717, 1.165) is 17.8 Å². The van der Waals surface area contributed by atoms with E-state index in [1.807, 2.05) is 0 Å². The topological polar surface area (TPSA) is 61.0 Å². The second kappa shape index (κ2) is 5.18. The molecule has 0 saturated heterocycles. The molecule has 1 aromatic carbocycles. The van der Waals surface area contributed by atoms with Gasteiger partial charge in [0.15, 0.2) is 0 Å². The van der Waals surface area contributed by atoms with Gasteiger partial charge in [0.1, 0.15) is 16.7 Å². The van der Waals surface area contributed by atoms with Gasteiger partial charge in [0.25, 0.3) is 0 Å². The molecular weight excluding hydrogens is 260 g/mol. The maximum Gasteiger partial charge on any atom is 0.224 e. The maximum atomic E-state index is 13.5. The Balaban J connectivity index is 2.30. The first-order valence-corrected chi connectivity index (χ1v) is 5.71. The molecule has 1 aromatic heterocycles. The average molecular weight is 269 g/mol. The molecule has 0 atom stereocenters. The van der Waals surface area contributed by atoms with E-state index in [1.165, 1.54) is 25.3 Å². The quantitative estimate of drug-likeness (QED) is 0.867. The minimum atomic E-state index is -0.656. The highest BCUT2D eigenvalue weighted by Gasteiger charge is 2.09. The Morgan fingerprint density at radius 2 is 2.00 bits per heavy atom. The molecule has 0 bridgehead atoms. The lowest BCUT2D eigenvalue weighted by Crippen LogP contribution is -1.98. The highest BCUT2D eigenvalue weighted by atomic mass is 32.2. The predicted molar refractivity (Wildman–Crippen MR) is 63.5 cm³/mol. The Morgan fingerprint density at radius 1 is 1.22 bits per heavy atom. The summed E-state index contributed by atoms with van der Waals surface area (Å²) in [7, 11) is 1.44. The highest BCUT2D eigenvalue weighted by molar-refractivity contribution is 7.99. The molecule has 18 heavy (non-hydrogen) atoms. The summed E-state index contributed by atoms with van der Waals surface area (Å²) in [5.41, 5.74) is 5.48. The molecule has 4 nitrogen and oxygen atoms in total. The molecule has 0 fully saturated rings. The minimum absolute atomic E-state index is 0.0272. The summed E-state index contributed by atoms with van der Waals surface area (Å²) in [4.78, 5) is 7.98. The van der Waals surface area contributed by atoms with Gasteiger partial charge in [0.05, 0.1) is 7.11 Å². The first-order valence-electron chi connectivity index (χ1n) is 4.90. The summed E-state index contributed by atoms with van der Waals surface area (Å²) in [6, 6.07) is 4.83. The molecule has 2 N–H and O–H groups in total. The molecule has 0 aliphatic heterocycles. The zero-order chi connectivity index (χ0) is 13.1. The third kappa shape index (κ3) is 2.86. The van der Waals surface area contributed by atoms with E-state index >= 15 is 0 Å². The van der Waals surface area contributed by atoms with Crippen LogP contribution < -0.4 is 10.5 Å². The number of rotatable bonds is 3. The van der Waals surface area contributed by atoms with Gasteiger partial charge in [0, 0.05) is 17.0 Å². The predicted octanol–water partition coefficient (Wildman–Crippen LogP) is 2.50. The van der Waals surface area contributed by atoms with Gasteiger partial charge in [-0.1, -0.05) is 11.8 Å². The molecule has 2 aromatic rings. The minimum Gasteiger partial charge on any atom is -0.481 e. The first kappa shape index (κ1) is 12.6. The Hall–Kier alpha value is -1.89. The van der Waals surface area contributed by atoms with Gasteiger partial charge in [-0.3, -0.25) is 0 Å². The molecule has 94 valence electrons. The molecule has 0 saturated carbocycles. The number of nitrogen functional groups attached to an aromatic ring is 1. The van der Waals surface area contributed by atoms with Crippen LogP contribution in [0.15, 0.2) is 34.2 Å². The van der Waals surface area contributed by atoms with Crippen molar-refractivity contribution in [1.29, 1.82) is 0 Å². The fraction of sp³-hybridized carbons (Fsp3) is 0.0909. The Morgan fingerprint density at radius 3 is 2.67 bits per heavy atom. The third-order valence-corrected chi connectivity index (χ3v) is 2.98. The SMILES string of the molecule is COc1cc(Sc2ccc(F)cc2F)nc(N)n1. The number of hydrogen-bond donors (Lipinski definition) is 1. The van der Waals surface area contributed by atoms with E-state index in [2.05, 4.69) is 9.97 Å². The summed E-state index contributed by atoms with van der Waals surface area (Å²) in [6.45, 7) is 0. The van der Waals surface area contributed by atoms with Crippen LogP contribution in [0.5, 0.6) is 5.88 Å². The number of anilines is 1. The molecule has 2 rings (SSSR count). The summed E-state index contributed by atoms with van der Waals surface area (Å²) in [6.07, 6.45) is 0. The van der Waals surface area contributed by atoms with Crippen molar-refractivity contribution in [3.05, 3.63) is 35.9 Å². The number of nitrogens with two attached hydrogens (primary N) is 1. The van der Waals surface area contributed by atoms with Crippen molar-refractivity contribution in [3.8, 4) is 5.88 Å². The number of halogens is 2. The van der Waals surface area contributed by atoms with Crippen molar-refractivity contribution in [2.45, 2.75) is 9.92 Å². The van der Waals surface area contributed by atoms with Crippen LogP contribution in [0.25, 0.3) is 0 Å². The molecule has 0 unspecified atom stereocenters. The third-order valence-electron chi connectivity index (χ3n) is 2.01. The number of methoxy groups -OCH3 is 1. The fourth-order valence-corrected chi connectivity index (χ4v) is 2.07. The van der Waals surface area contributed by atoms with Gasteiger partial charge in [-0.25, -0.2) is 13.8 Å². The second-order valence-corrected chi connectivity index (χ2v) is 4.35. The lowest BCUT2D eigenvalue weighted by molar-refractivity contribution is 0.396. The van der Waals surface area contributed by atoms with Crippen LogP contribution in [0, 0.1) is 11.6 Å². The second-order valence-electron chi connectivity index (χ2n) is 3.28. The van der Waals surface area contributed by atoms with E-state index in [-0.39, 0.29) is 16.7 Å². The monoisotopic (exact) mass is 269 g/mol. The first-order chi connectivity index (χ1) is 8.58. The standard InChI is InChI=1S/C11H9F2N3OS/c1-17-9-5-10(16-11(14)15-9)18-8-3-2-6(12)4-7(8)13/h2-5H,1H3,(H2,14,15,16). The lowest BCUT2D eigenvalue weighted by Gasteiger charge is -2.05. The van der Waals surface area contributed by atoms with E-state index in [0.29, 0.717) is 5.03 Å². The van der Waals surface area contributed by atoms with Crippen molar-refractivity contribution in [2.75, 3.05) is 12.8 Å². The smallest absolute Gasteiger partial charge is 0.224 e. The van der Waals surface area contributed by atoms with Crippen molar-refractivity contribution < 1.29 is 13.5 Å². The van der Waals surface area contributed by atoms with Gasteiger partial charge in [-0.05, 0) is 12.1 Å². The average Bonchev–Trinajstić information content (AvgIpc) is 2.32. The highest BCUT2D eigenvalue weighted by Crippen LogP contribution is 2.30. The van der Waals surface area contributed by atoms with Crippen LogP contribution >= 0.6 is 11.8 Å². The van der Waals surface area contributed by atoms with Crippen molar-refractivity contribution in [2.24, 2.45) is 0 Å².